The van der Waals surface area contributed by atoms with Gasteiger partial charge in [0.1, 0.15) is 5.82 Å². The SMILES string of the molecule is CCN(CC)C(=O)Oc1ccc2c(ccn2Cc2ccccc2F)c1NC(=O)C(F)(F)C(F)(F)C(F)(F)F. The zero-order chi connectivity index (χ0) is 28.5. The minimum absolute atomic E-state index is 0.0928. The van der Waals surface area contributed by atoms with Crippen molar-refractivity contribution in [3.8, 4) is 5.75 Å². The molecule has 0 saturated heterocycles. The first-order valence-electron chi connectivity index (χ1n) is 11.1. The van der Waals surface area contributed by atoms with E-state index in [2.05, 4.69) is 0 Å². The third kappa shape index (κ3) is 5.24. The summed E-state index contributed by atoms with van der Waals surface area (Å²) in [6.07, 6.45) is -6.39. The van der Waals surface area contributed by atoms with E-state index in [0.717, 1.165) is 11.0 Å². The maximum absolute atomic E-state index is 14.1. The summed E-state index contributed by atoms with van der Waals surface area (Å²) in [4.78, 5) is 25.8. The van der Waals surface area contributed by atoms with Crippen molar-refractivity contribution in [2.75, 3.05) is 18.4 Å². The number of amides is 2. The molecule has 1 aromatic heterocycles. The number of fused-ring (bicyclic) bond motifs is 1. The summed E-state index contributed by atoms with van der Waals surface area (Å²) in [5.41, 5.74) is -0.404. The Morgan fingerprint density at radius 2 is 1.58 bits per heavy atom. The van der Waals surface area contributed by atoms with Gasteiger partial charge in [-0.05, 0) is 38.1 Å². The lowest BCUT2D eigenvalue weighted by Gasteiger charge is -2.27. The first kappa shape index (κ1) is 28.7. The number of anilines is 1. The number of hydrogen-bond donors (Lipinski definition) is 1. The molecule has 3 aromatic rings. The Morgan fingerprint density at radius 1 is 0.947 bits per heavy atom. The predicted octanol–water partition coefficient (Wildman–Crippen LogP) is 6.44. The maximum atomic E-state index is 14.1. The molecule has 14 heteroatoms. The van der Waals surface area contributed by atoms with Crippen LogP contribution in [0.2, 0.25) is 0 Å². The largest absolute Gasteiger partial charge is 0.460 e. The first-order chi connectivity index (χ1) is 17.7. The fourth-order valence-corrected chi connectivity index (χ4v) is 3.57. The number of carbonyl (C=O) groups is 2. The number of hydrogen-bond acceptors (Lipinski definition) is 3. The molecule has 206 valence electrons. The molecule has 0 spiro atoms. The summed E-state index contributed by atoms with van der Waals surface area (Å²) in [6, 6.07) is 9.23. The van der Waals surface area contributed by atoms with E-state index in [4.69, 9.17) is 4.74 Å². The number of ether oxygens (including phenoxy) is 1. The van der Waals surface area contributed by atoms with Crippen molar-refractivity contribution in [1.82, 2.24) is 9.47 Å². The van der Waals surface area contributed by atoms with Gasteiger partial charge < -0.3 is 19.5 Å². The maximum Gasteiger partial charge on any atom is 0.460 e. The van der Waals surface area contributed by atoms with E-state index in [1.807, 2.05) is 0 Å². The second kappa shape index (κ2) is 10.5. The van der Waals surface area contributed by atoms with Crippen molar-refractivity contribution >= 4 is 28.6 Å². The Hall–Kier alpha value is -3.84. The van der Waals surface area contributed by atoms with Crippen LogP contribution in [0, 0.1) is 5.82 Å². The number of nitrogens with one attached hydrogen (secondary N) is 1. The zero-order valence-electron chi connectivity index (χ0n) is 19.9. The van der Waals surface area contributed by atoms with Gasteiger partial charge >= 0.3 is 30.0 Å². The van der Waals surface area contributed by atoms with Gasteiger partial charge in [0.2, 0.25) is 0 Å². The Bertz CT molecular complexity index is 1330. The number of carbonyl (C=O) groups excluding carboxylic acids is 2. The third-order valence-electron chi connectivity index (χ3n) is 5.71. The number of halogens is 8. The monoisotopic (exact) mass is 551 g/mol. The van der Waals surface area contributed by atoms with Crippen LogP contribution in [0.25, 0.3) is 10.9 Å². The van der Waals surface area contributed by atoms with E-state index in [0.29, 0.717) is 0 Å². The number of nitrogens with zero attached hydrogens (tertiary/aromatic N) is 2. The van der Waals surface area contributed by atoms with Gasteiger partial charge in [0.05, 0.1) is 17.7 Å². The van der Waals surface area contributed by atoms with Gasteiger partial charge in [-0.1, -0.05) is 18.2 Å². The van der Waals surface area contributed by atoms with Gasteiger partial charge in [0, 0.05) is 30.2 Å². The Kier molecular flexibility index (Phi) is 7.94. The molecule has 3 rings (SSSR count). The van der Waals surface area contributed by atoms with Crippen molar-refractivity contribution in [3.05, 3.63) is 60.0 Å². The molecule has 0 unspecified atom stereocenters. The molecule has 0 radical (unpaired) electrons. The highest BCUT2D eigenvalue weighted by Crippen LogP contribution is 2.47. The second-order valence-electron chi connectivity index (χ2n) is 8.05. The van der Waals surface area contributed by atoms with E-state index in [-0.39, 0.29) is 36.1 Å². The summed E-state index contributed by atoms with van der Waals surface area (Å²) in [5.74, 6) is -17.1. The minimum Gasteiger partial charge on any atom is -0.408 e. The van der Waals surface area contributed by atoms with Gasteiger partial charge in [0.25, 0.3) is 0 Å². The van der Waals surface area contributed by atoms with Crippen molar-refractivity contribution < 1.29 is 49.4 Å². The van der Waals surface area contributed by atoms with Crippen molar-refractivity contribution in [1.29, 1.82) is 0 Å². The van der Waals surface area contributed by atoms with Gasteiger partial charge in [-0.15, -0.1) is 0 Å². The number of alkyl halides is 7. The van der Waals surface area contributed by atoms with Crippen molar-refractivity contribution in [2.45, 2.75) is 38.4 Å². The molecule has 2 amide bonds. The standard InChI is InChI=1S/C24H21F8N3O3/c1-3-34(4-2)21(37)38-18-10-9-17-15(11-12-35(17)13-14-7-5-6-8-16(14)25)19(18)33-20(36)22(26,27)23(28,29)24(30,31)32/h5-12H,3-4,13H2,1-2H3,(H,33,36). The van der Waals surface area contributed by atoms with Gasteiger partial charge in [0.15, 0.2) is 5.75 Å². The summed E-state index contributed by atoms with van der Waals surface area (Å²) in [6.45, 7) is 3.42. The van der Waals surface area contributed by atoms with Gasteiger partial charge in [-0.2, -0.15) is 30.7 Å². The summed E-state index contributed by atoms with van der Waals surface area (Å²) < 4.78 is 114. The highest BCUT2D eigenvalue weighted by molar-refractivity contribution is 6.07. The third-order valence-corrected chi connectivity index (χ3v) is 5.71. The molecule has 1 heterocycles. The van der Waals surface area contributed by atoms with Crippen molar-refractivity contribution in [3.63, 3.8) is 0 Å². The lowest BCUT2D eigenvalue weighted by atomic mass is 10.1. The molecule has 6 nitrogen and oxygen atoms in total. The second-order valence-corrected chi connectivity index (χ2v) is 8.05. The minimum atomic E-state index is -6.74. The molecular weight excluding hydrogens is 530 g/mol. The lowest BCUT2D eigenvalue weighted by Crippen LogP contribution is -2.57. The smallest absolute Gasteiger partial charge is 0.408 e. The molecular formula is C24H21F8N3O3. The van der Waals surface area contributed by atoms with E-state index in [1.165, 1.54) is 46.4 Å². The van der Waals surface area contributed by atoms with Crippen LogP contribution in [0.5, 0.6) is 5.75 Å². The van der Waals surface area contributed by atoms with Crippen LogP contribution in [-0.4, -0.2) is 52.6 Å². The van der Waals surface area contributed by atoms with Crippen LogP contribution in [0.15, 0.2) is 48.7 Å². The van der Waals surface area contributed by atoms with Crippen LogP contribution < -0.4 is 10.1 Å². The molecule has 0 fully saturated rings. The Balaban J connectivity index is 2.10. The molecule has 2 aromatic carbocycles. The number of rotatable bonds is 8. The van der Waals surface area contributed by atoms with Gasteiger partial charge in [-0.25, -0.2) is 9.18 Å². The summed E-state index contributed by atoms with van der Waals surface area (Å²) in [7, 11) is 0. The molecule has 0 aliphatic carbocycles. The molecule has 38 heavy (non-hydrogen) atoms. The Labute approximate surface area is 210 Å². The molecule has 1 N–H and O–H groups in total. The molecule has 0 atom stereocenters. The van der Waals surface area contributed by atoms with E-state index in [9.17, 15) is 44.7 Å². The van der Waals surface area contributed by atoms with Crippen LogP contribution in [0.1, 0.15) is 19.4 Å². The fraction of sp³-hybridized carbons (Fsp3) is 0.333. The Morgan fingerprint density at radius 3 is 2.16 bits per heavy atom. The molecule has 0 saturated carbocycles. The molecule has 0 bridgehead atoms. The van der Waals surface area contributed by atoms with E-state index < -0.39 is 47.3 Å². The van der Waals surface area contributed by atoms with Gasteiger partial charge in [-0.3, -0.25) is 4.79 Å². The molecule has 0 aliphatic heterocycles. The predicted molar refractivity (Wildman–Crippen MR) is 121 cm³/mol. The van der Waals surface area contributed by atoms with Crippen LogP contribution in [0.3, 0.4) is 0 Å². The zero-order valence-corrected chi connectivity index (χ0v) is 19.9. The van der Waals surface area contributed by atoms with Crippen LogP contribution in [0.4, 0.5) is 45.6 Å². The van der Waals surface area contributed by atoms with Crippen LogP contribution in [-0.2, 0) is 11.3 Å². The first-order valence-corrected chi connectivity index (χ1v) is 11.1. The van der Waals surface area contributed by atoms with E-state index in [1.54, 1.807) is 19.9 Å². The fourth-order valence-electron chi connectivity index (χ4n) is 3.57. The quantitative estimate of drug-likeness (QED) is 0.328. The highest BCUT2D eigenvalue weighted by atomic mass is 19.4. The summed E-state index contributed by atoms with van der Waals surface area (Å²) in [5, 5.41) is 1.24. The topological polar surface area (TPSA) is 63.6 Å². The highest BCUT2D eigenvalue weighted by Gasteiger charge is 2.76. The van der Waals surface area contributed by atoms with Crippen molar-refractivity contribution in [2.24, 2.45) is 0 Å². The lowest BCUT2D eigenvalue weighted by molar-refractivity contribution is -0.343. The van der Waals surface area contributed by atoms with E-state index >= 15 is 0 Å². The number of benzene rings is 2. The number of aromatic nitrogens is 1. The molecule has 0 aliphatic rings. The summed E-state index contributed by atoms with van der Waals surface area (Å²) >= 11 is 0. The average Bonchev–Trinajstić information content (AvgIpc) is 3.24. The average molecular weight is 551 g/mol. The normalized spacial score (nSPS) is 12.5. The van der Waals surface area contributed by atoms with Crippen LogP contribution >= 0.6 is 0 Å².